The number of alkyl halides is 1. The molecule has 3 rings (SSSR count). The van der Waals surface area contributed by atoms with Gasteiger partial charge in [0, 0.05) is 33.2 Å². The van der Waals surface area contributed by atoms with Gasteiger partial charge in [-0.3, -0.25) is 9.36 Å². The monoisotopic (exact) mass is 568 g/mol. The highest BCUT2D eigenvalue weighted by Gasteiger charge is 2.49. The molecule has 2 heterocycles. The van der Waals surface area contributed by atoms with Crippen molar-refractivity contribution in [1.82, 2.24) is 24.4 Å². The number of carbonyl (C=O) groups is 3. The zero-order chi connectivity index (χ0) is 29.1. The lowest BCUT2D eigenvalue weighted by atomic mass is 9.93. The van der Waals surface area contributed by atoms with Gasteiger partial charge in [-0.2, -0.15) is 9.97 Å². The average Bonchev–Trinajstić information content (AvgIpc) is 3.31. The Balaban J connectivity index is 1.86. The maximum absolute atomic E-state index is 15.4. The minimum atomic E-state index is -2.86. The fourth-order valence-electron chi connectivity index (χ4n) is 3.74. The number of benzene rings is 1. The molecule has 3 aromatic rings. The topological polar surface area (TPSA) is 203 Å². The van der Waals surface area contributed by atoms with Gasteiger partial charge in [0.05, 0.1) is 12.9 Å². The molecule has 0 spiro atoms. The van der Waals surface area contributed by atoms with Gasteiger partial charge in [0.2, 0.25) is 11.6 Å². The Morgan fingerprint density at radius 3 is 2.49 bits per heavy atom. The number of nitrogens with zero attached hydrogens (tertiary/aromatic N) is 5. The molecular weight excluding hydrogens is 543 g/mol. The number of nitrogens with two attached hydrogens (primary N) is 1. The van der Waals surface area contributed by atoms with Crippen molar-refractivity contribution in [2.45, 2.75) is 30.5 Å². The Hall–Kier alpha value is -3.92. The van der Waals surface area contributed by atoms with Gasteiger partial charge in [-0.05, 0) is 29.3 Å². The van der Waals surface area contributed by atoms with Crippen LogP contribution in [0.5, 0.6) is 0 Å². The van der Waals surface area contributed by atoms with Crippen LogP contribution in [0.15, 0.2) is 30.6 Å². The van der Waals surface area contributed by atoms with Gasteiger partial charge >= 0.3 is 11.9 Å². The number of carbonyl (C=O) groups excluding carboxylic acids is 1. The molecule has 210 valence electrons. The largest absolute Gasteiger partial charge is 0.479 e. The maximum atomic E-state index is 15.4. The fraction of sp³-hybridized carbons (Fsp3) is 0.391. The van der Waals surface area contributed by atoms with E-state index in [1.807, 2.05) is 0 Å². The quantitative estimate of drug-likeness (QED) is 0.177. The van der Waals surface area contributed by atoms with Crippen LogP contribution in [-0.4, -0.2) is 103 Å². The minimum absolute atomic E-state index is 0.0187. The summed E-state index contributed by atoms with van der Waals surface area (Å²) in [5.74, 6) is -4.22. The number of halogens is 2. The van der Waals surface area contributed by atoms with E-state index >= 15 is 4.39 Å². The van der Waals surface area contributed by atoms with Crippen LogP contribution in [0, 0.1) is 0 Å². The summed E-state index contributed by atoms with van der Waals surface area (Å²) in [6.07, 6.45) is -5.53. The van der Waals surface area contributed by atoms with Crippen LogP contribution < -0.4 is 5.73 Å². The number of aromatic nitrogens is 4. The summed E-state index contributed by atoms with van der Waals surface area (Å²) in [6.45, 7) is -0.850. The predicted molar refractivity (Wildman–Crippen MR) is 134 cm³/mol. The van der Waals surface area contributed by atoms with Crippen molar-refractivity contribution in [3.8, 4) is 0 Å². The summed E-state index contributed by atoms with van der Waals surface area (Å²) < 4.78 is 26.6. The number of aliphatic carboxylic acids is 2. The molecule has 0 fully saturated rings. The van der Waals surface area contributed by atoms with Gasteiger partial charge < -0.3 is 35.4 Å². The van der Waals surface area contributed by atoms with Crippen molar-refractivity contribution in [2.24, 2.45) is 0 Å². The summed E-state index contributed by atoms with van der Waals surface area (Å²) in [5, 5.41) is 30.1. The van der Waals surface area contributed by atoms with Gasteiger partial charge in [-0.1, -0.05) is 12.1 Å². The Bertz CT molecular complexity index is 1370. The molecule has 0 unspecified atom stereocenters. The maximum Gasteiger partial charge on any atom is 0.348 e. The van der Waals surface area contributed by atoms with Crippen LogP contribution in [0.2, 0.25) is 5.28 Å². The SMILES string of the molecule is CO[C@H](COC(Cc1cccc(C(=O)N(C)C)c1)(C(=O)O)C(=O)O)[C@@H](O)[C@H](F)n1cnc2c(N)nc(Cl)nc21. The standard InChI is InChI=1S/C23H26ClFN6O8/c1-30(2)19(33)12-6-4-5-11(7-12)8-23(20(34)35,21(36)37)39-9-13(38-3)15(32)16(25)31-10-27-14-17(26)28-22(24)29-18(14)31/h4-7,10,13,15-16,32H,8-9H2,1-3H3,(H,34,35)(H,36,37)(H2,26,28,29)/t13-,15-,16-/m1/s1. The fourth-order valence-corrected chi connectivity index (χ4v) is 3.91. The lowest BCUT2D eigenvalue weighted by molar-refractivity contribution is -0.192. The third-order valence-electron chi connectivity index (χ3n) is 5.87. The molecule has 1 aromatic carbocycles. The van der Waals surface area contributed by atoms with E-state index in [-0.39, 0.29) is 39.3 Å². The molecule has 2 aromatic heterocycles. The molecule has 14 nitrogen and oxygen atoms in total. The zero-order valence-electron chi connectivity index (χ0n) is 21.0. The number of ether oxygens (including phenoxy) is 2. The van der Waals surface area contributed by atoms with E-state index in [1.165, 1.54) is 43.3 Å². The number of fused-ring (bicyclic) bond motifs is 1. The van der Waals surface area contributed by atoms with Gasteiger partial charge in [0.15, 0.2) is 11.5 Å². The van der Waals surface area contributed by atoms with Crippen LogP contribution in [0.3, 0.4) is 0 Å². The Labute approximate surface area is 225 Å². The smallest absolute Gasteiger partial charge is 0.348 e. The van der Waals surface area contributed by atoms with E-state index in [4.69, 9.17) is 26.8 Å². The lowest BCUT2D eigenvalue weighted by Crippen LogP contribution is -2.53. The van der Waals surface area contributed by atoms with E-state index in [1.54, 1.807) is 0 Å². The van der Waals surface area contributed by atoms with Crippen molar-refractivity contribution in [3.63, 3.8) is 0 Å². The second kappa shape index (κ2) is 11.9. The normalized spacial score (nSPS) is 14.1. The molecule has 0 aliphatic heterocycles. The van der Waals surface area contributed by atoms with Crippen molar-refractivity contribution >= 4 is 46.4 Å². The van der Waals surface area contributed by atoms with E-state index in [2.05, 4.69) is 15.0 Å². The predicted octanol–water partition coefficient (Wildman–Crippen LogP) is 0.775. The average molecular weight is 569 g/mol. The highest BCUT2D eigenvalue weighted by molar-refractivity contribution is 6.28. The van der Waals surface area contributed by atoms with Crippen LogP contribution in [0.4, 0.5) is 10.2 Å². The van der Waals surface area contributed by atoms with Gasteiger partial charge in [0.1, 0.15) is 17.7 Å². The lowest BCUT2D eigenvalue weighted by Gasteiger charge is -2.30. The third kappa shape index (κ3) is 6.06. The number of methoxy groups -OCH3 is 1. The van der Waals surface area contributed by atoms with Crippen LogP contribution in [-0.2, 0) is 25.5 Å². The number of aliphatic hydroxyl groups excluding tert-OH is 1. The van der Waals surface area contributed by atoms with Gasteiger partial charge in [-0.25, -0.2) is 19.0 Å². The summed E-state index contributed by atoms with van der Waals surface area (Å²) >= 11 is 5.79. The molecular formula is C23H26ClFN6O8. The van der Waals surface area contributed by atoms with E-state index in [0.29, 0.717) is 0 Å². The summed E-state index contributed by atoms with van der Waals surface area (Å²) in [4.78, 5) is 49.4. The highest BCUT2D eigenvalue weighted by atomic mass is 35.5. The molecule has 16 heteroatoms. The minimum Gasteiger partial charge on any atom is -0.479 e. The van der Waals surface area contributed by atoms with E-state index < -0.39 is 49.1 Å². The number of nitrogen functional groups attached to an aromatic ring is 1. The number of hydrogen-bond donors (Lipinski definition) is 4. The van der Waals surface area contributed by atoms with Crippen LogP contribution in [0.25, 0.3) is 11.2 Å². The number of aliphatic hydroxyl groups is 1. The van der Waals surface area contributed by atoms with Gasteiger partial charge in [0.25, 0.3) is 11.5 Å². The molecule has 0 saturated carbocycles. The first kappa shape index (κ1) is 29.6. The first-order valence-electron chi connectivity index (χ1n) is 11.2. The molecule has 0 saturated heterocycles. The van der Waals surface area contributed by atoms with E-state index in [9.17, 15) is 29.7 Å². The molecule has 0 aliphatic carbocycles. The van der Waals surface area contributed by atoms with E-state index in [0.717, 1.165) is 18.0 Å². The van der Waals surface area contributed by atoms with Gasteiger partial charge in [-0.15, -0.1) is 0 Å². The molecule has 39 heavy (non-hydrogen) atoms. The second-order valence-corrected chi connectivity index (χ2v) is 9.00. The molecule has 0 bridgehead atoms. The second-order valence-electron chi connectivity index (χ2n) is 8.66. The first-order valence-corrected chi connectivity index (χ1v) is 11.6. The number of imidazole rings is 1. The number of carboxylic acids is 2. The Kier molecular flexibility index (Phi) is 9.01. The van der Waals surface area contributed by atoms with Crippen LogP contribution >= 0.6 is 11.6 Å². The summed E-state index contributed by atoms with van der Waals surface area (Å²) in [6, 6.07) is 5.73. The molecule has 1 amide bonds. The Morgan fingerprint density at radius 2 is 1.90 bits per heavy atom. The van der Waals surface area contributed by atoms with Crippen molar-refractivity contribution in [1.29, 1.82) is 0 Å². The number of hydrogen-bond acceptors (Lipinski definition) is 10. The number of carboxylic acid groups (broad SMARTS) is 2. The number of amides is 1. The summed E-state index contributed by atoms with van der Waals surface area (Å²) in [7, 11) is 4.13. The van der Waals surface area contributed by atoms with Crippen LogP contribution in [0.1, 0.15) is 22.2 Å². The summed E-state index contributed by atoms with van der Waals surface area (Å²) in [5.41, 5.74) is 3.11. The van der Waals surface area contributed by atoms with Crippen molar-refractivity contribution < 1.29 is 43.6 Å². The first-order chi connectivity index (χ1) is 18.3. The third-order valence-corrected chi connectivity index (χ3v) is 6.04. The molecule has 3 atom stereocenters. The van der Waals surface area contributed by atoms with Crippen molar-refractivity contribution in [2.75, 3.05) is 33.5 Å². The zero-order valence-corrected chi connectivity index (χ0v) is 21.7. The Morgan fingerprint density at radius 1 is 1.23 bits per heavy atom. The molecule has 0 aliphatic rings. The number of rotatable bonds is 12. The molecule has 0 radical (unpaired) electrons. The van der Waals surface area contributed by atoms with Crippen molar-refractivity contribution in [3.05, 3.63) is 47.0 Å². The highest BCUT2D eigenvalue weighted by Crippen LogP contribution is 2.27. The molecule has 5 N–H and O–H groups in total. The number of anilines is 1.